The number of nitrogens with one attached hydrogen (secondary N) is 1. The lowest BCUT2D eigenvalue weighted by Gasteiger charge is -2.11. The number of rotatable bonds is 6. The van der Waals surface area contributed by atoms with Crippen molar-refractivity contribution in [3.8, 4) is 0 Å². The standard InChI is InChI=1S/C11H18N2OS/c1-2-10-13-6-9(15-10)5-12-7-11(8-14)3-4-11/h6,12,14H,2-5,7-8H2,1H3. The van der Waals surface area contributed by atoms with Gasteiger partial charge in [-0.2, -0.15) is 0 Å². The van der Waals surface area contributed by atoms with E-state index in [1.807, 2.05) is 6.20 Å². The largest absolute Gasteiger partial charge is 0.396 e. The van der Waals surface area contributed by atoms with Gasteiger partial charge in [0, 0.05) is 36.2 Å². The fraction of sp³-hybridized carbons (Fsp3) is 0.727. The Morgan fingerprint density at radius 1 is 1.60 bits per heavy atom. The van der Waals surface area contributed by atoms with Gasteiger partial charge in [-0.1, -0.05) is 6.92 Å². The van der Waals surface area contributed by atoms with Gasteiger partial charge in [-0.15, -0.1) is 11.3 Å². The van der Waals surface area contributed by atoms with E-state index in [1.54, 1.807) is 11.3 Å². The number of aryl methyl sites for hydroxylation is 1. The number of hydrogen-bond donors (Lipinski definition) is 2. The predicted molar refractivity (Wildman–Crippen MR) is 62.0 cm³/mol. The summed E-state index contributed by atoms with van der Waals surface area (Å²) < 4.78 is 0. The molecule has 0 amide bonds. The first kappa shape index (κ1) is 11.0. The molecule has 1 aromatic rings. The van der Waals surface area contributed by atoms with Crippen molar-refractivity contribution in [2.45, 2.75) is 32.7 Å². The molecular weight excluding hydrogens is 208 g/mol. The van der Waals surface area contributed by atoms with Crippen LogP contribution in [0.5, 0.6) is 0 Å². The SMILES string of the molecule is CCc1ncc(CNCC2(CO)CC2)s1. The summed E-state index contributed by atoms with van der Waals surface area (Å²) in [4.78, 5) is 5.61. The van der Waals surface area contributed by atoms with Crippen molar-refractivity contribution in [2.75, 3.05) is 13.2 Å². The molecule has 0 radical (unpaired) electrons. The lowest BCUT2D eigenvalue weighted by Crippen LogP contribution is -2.25. The molecule has 0 atom stereocenters. The van der Waals surface area contributed by atoms with Crippen LogP contribution in [0.2, 0.25) is 0 Å². The summed E-state index contributed by atoms with van der Waals surface area (Å²) in [6.45, 7) is 4.27. The summed E-state index contributed by atoms with van der Waals surface area (Å²) in [5.74, 6) is 0. The Morgan fingerprint density at radius 3 is 2.93 bits per heavy atom. The number of hydrogen-bond acceptors (Lipinski definition) is 4. The van der Waals surface area contributed by atoms with Gasteiger partial charge in [-0.25, -0.2) is 4.98 Å². The Morgan fingerprint density at radius 2 is 2.40 bits per heavy atom. The zero-order chi connectivity index (χ0) is 10.7. The molecule has 0 aliphatic heterocycles. The van der Waals surface area contributed by atoms with Gasteiger partial charge < -0.3 is 10.4 Å². The maximum atomic E-state index is 9.15. The molecule has 2 N–H and O–H groups in total. The van der Waals surface area contributed by atoms with Crippen molar-refractivity contribution < 1.29 is 5.11 Å². The summed E-state index contributed by atoms with van der Waals surface area (Å²) >= 11 is 1.78. The fourth-order valence-corrected chi connectivity index (χ4v) is 2.44. The lowest BCUT2D eigenvalue weighted by atomic mass is 10.1. The summed E-state index contributed by atoms with van der Waals surface area (Å²) in [6.07, 6.45) is 5.30. The van der Waals surface area contributed by atoms with Crippen molar-refractivity contribution in [3.05, 3.63) is 16.1 Å². The first-order valence-electron chi connectivity index (χ1n) is 5.53. The molecule has 0 aromatic carbocycles. The van der Waals surface area contributed by atoms with Crippen LogP contribution in [0.4, 0.5) is 0 Å². The van der Waals surface area contributed by atoms with Crippen LogP contribution in [0.1, 0.15) is 29.7 Å². The molecule has 0 spiro atoms. The van der Waals surface area contributed by atoms with E-state index in [0.29, 0.717) is 6.61 Å². The van der Waals surface area contributed by atoms with E-state index in [9.17, 15) is 0 Å². The maximum absolute atomic E-state index is 9.15. The molecular formula is C11H18N2OS. The van der Waals surface area contributed by atoms with E-state index in [2.05, 4.69) is 17.2 Å². The van der Waals surface area contributed by atoms with Gasteiger partial charge in [0.1, 0.15) is 0 Å². The van der Waals surface area contributed by atoms with Crippen LogP contribution >= 0.6 is 11.3 Å². The van der Waals surface area contributed by atoms with Gasteiger partial charge in [0.2, 0.25) is 0 Å². The number of nitrogens with zero attached hydrogens (tertiary/aromatic N) is 1. The number of aromatic nitrogens is 1. The highest BCUT2D eigenvalue weighted by atomic mass is 32.1. The highest BCUT2D eigenvalue weighted by molar-refractivity contribution is 7.11. The molecule has 15 heavy (non-hydrogen) atoms. The highest BCUT2D eigenvalue weighted by Crippen LogP contribution is 2.44. The van der Waals surface area contributed by atoms with Crippen LogP contribution in [0, 0.1) is 5.41 Å². The van der Waals surface area contributed by atoms with E-state index in [0.717, 1.165) is 19.5 Å². The van der Waals surface area contributed by atoms with E-state index in [-0.39, 0.29) is 5.41 Å². The Kier molecular flexibility index (Phi) is 3.38. The van der Waals surface area contributed by atoms with Crippen molar-refractivity contribution in [2.24, 2.45) is 5.41 Å². The van der Waals surface area contributed by atoms with Crippen LogP contribution in [0.15, 0.2) is 6.20 Å². The Labute approximate surface area is 94.5 Å². The van der Waals surface area contributed by atoms with Crippen LogP contribution < -0.4 is 5.32 Å². The third kappa shape index (κ3) is 2.77. The monoisotopic (exact) mass is 226 g/mol. The summed E-state index contributed by atoms with van der Waals surface area (Å²) in [5, 5.41) is 13.8. The number of thiazole rings is 1. The molecule has 0 unspecified atom stereocenters. The van der Waals surface area contributed by atoms with Crippen LogP contribution in [-0.2, 0) is 13.0 Å². The topological polar surface area (TPSA) is 45.2 Å². The molecule has 1 fully saturated rings. The van der Waals surface area contributed by atoms with Crippen molar-refractivity contribution >= 4 is 11.3 Å². The van der Waals surface area contributed by atoms with Gasteiger partial charge in [-0.3, -0.25) is 0 Å². The van der Waals surface area contributed by atoms with Crippen LogP contribution in [0.3, 0.4) is 0 Å². The van der Waals surface area contributed by atoms with Gasteiger partial charge in [0.15, 0.2) is 0 Å². The molecule has 0 bridgehead atoms. The summed E-state index contributed by atoms with van der Waals surface area (Å²) in [7, 11) is 0. The molecule has 3 nitrogen and oxygen atoms in total. The summed E-state index contributed by atoms with van der Waals surface area (Å²) in [6, 6.07) is 0. The van der Waals surface area contributed by atoms with Crippen LogP contribution in [0.25, 0.3) is 0 Å². The second kappa shape index (κ2) is 4.60. The fourth-order valence-electron chi connectivity index (χ4n) is 1.61. The average molecular weight is 226 g/mol. The molecule has 84 valence electrons. The zero-order valence-corrected chi connectivity index (χ0v) is 9.94. The molecule has 1 aliphatic carbocycles. The van der Waals surface area contributed by atoms with E-state index in [4.69, 9.17) is 5.11 Å². The number of aliphatic hydroxyl groups is 1. The minimum absolute atomic E-state index is 0.207. The third-order valence-electron chi connectivity index (χ3n) is 3.00. The Balaban J connectivity index is 1.73. The van der Waals surface area contributed by atoms with E-state index in [1.165, 1.54) is 22.7 Å². The molecule has 2 rings (SSSR count). The zero-order valence-electron chi connectivity index (χ0n) is 9.12. The minimum atomic E-state index is 0.207. The predicted octanol–water partition coefficient (Wildman–Crippen LogP) is 1.57. The van der Waals surface area contributed by atoms with Gasteiger partial charge in [-0.05, 0) is 19.3 Å². The third-order valence-corrected chi connectivity index (χ3v) is 4.14. The second-order valence-corrected chi connectivity index (χ2v) is 5.54. The van der Waals surface area contributed by atoms with Crippen molar-refractivity contribution in [3.63, 3.8) is 0 Å². The van der Waals surface area contributed by atoms with Gasteiger partial charge >= 0.3 is 0 Å². The maximum Gasteiger partial charge on any atom is 0.0925 e. The Bertz CT molecular complexity index is 320. The average Bonchev–Trinajstić information content (AvgIpc) is 2.89. The number of aliphatic hydroxyl groups excluding tert-OH is 1. The molecule has 4 heteroatoms. The van der Waals surface area contributed by atoms with E-state index < -0.39 is 0 Å². The second-order valence-electron chi connectivity index (χ2n) is 4.34. The minimum Gasteiger partial charge on any atom is -0.396 e. The Hall–Kier alpha value is -0.450. The first-order chi connectivity index (χ1) is 7.28. The first-order valence-corrected chi connectivity index (χ1v) is 6.35. The molecule has 0 saturated heterocycles. The van der Waals surface area contributed by atoms with Gasteiger partial charge in [0.25, 0.3) is 0 Å². The molecule has 1 saturated carbocycles. The quantitative estimate of drug-likeness (QED) is 0.774. The van der Waals surface area contributed by atoms with Crippen molar-refractivity contribution in [1.82, 2.24) is 10.3 Å². The van der Waals surface area contributed by atoms with Gasteiger partial charge in [0.05, 0.1) is 5.01 Å². The molecule has 1 aromatic heterocycles. The lowest BCUT2D eigenvalue weighted by molar-refractivity contribution is 0.207. The normalized spacial score (nSPS) is 18.0. The summed E-state index contributed by atoms with van der Waals surface area (Å²) in [5.41, 5.74) is 0.207. The smallest absolute Gasteiger partial charge is 0.0925 e. The molecule has 1 heterocycles. The van der Waals surface area contributed by atoms with Crippen LogP contribution in [-0.4, -0.2) is 23.2 Å². The van der Waals surface area contributed by atoms with Crippen molar-refractivity contribution in [1.29, 1.82) is 0 Å². The highest BCUT2D eigenvalue weighted by Gasteiger charge is 2.41. The van der Waals surface area contributed by atoms with E-state index >= 15 is 0 Å². The molecule has 1 aliphatic rings.